The zero-order chi connectivity index (χ0) is 27.0. The SMILES string of the molecule is COc1c(Br)cc(CC23OC(=O)C(=O)ON2CCc2cc(OCc4ccccc4)c([N+](=O)[O-])cc23)cc1Br. The molecule has 196 valence electrons. The topological polar surface area (TPSA) is 117 Å². The first-order valence-corrected chi connectivity index (χ1v) is 13.0. The fourth-order valence-electron chi connectivity index (χ4n) is 4.67. The van der Waals surface area contributed by atoms with Gasteiger partial charge in [-0.3, -0.25) is 10.1 Å². The van der Waals surface area contributed by atoms with Crippen LogP contribution in [-0.2, 0) is 44.3 Å². The highest BCUT2D eigenvalue weighted by Gasteiger charge is 2.54. The van der Waals surface area contributed by atoms with E-state index in [4.69, 9.17) is 19.0 Å². The molecule has 3 aromatic rings. The van der Waals surface area contributed by atoms with E-state index in [2.05, 4.69) is 31.9 Å². The number of rotatable bonds is 7. The standard InChI is InChI=1S/C26H20Br2N2O8/c1-35-23-19(27)9-16(10-20(23)28)13-26-18-12-21(30(33)34)22(36-14-15-5-3-2-4-6-15)11-17(18)7-8-29(26)38-25(32)24(31)37-26/h2-6,9-12H,7-8,13-14H2,1H3. The second-order valence-corrected chi connectivity index (χ2v) is 10.4. The molecule has 12 heteroatoms. The van der Waals surface area contributed by atoms with Crippen LogP contribution in [0, 0.1) is 10.1 Å². The molecule has 0 N–H and O–H groups in total. The number of hydrogen-bond donors (Lipinski definition) is 0. The fourth-order valence-corrected chi connectivity index (χ4v) is 6.28. The van der Waals surface area contributed by atoms with E-state index in [1.807, 2.05) is 30.3 Å². The molecule has 0 radical (unpaired) electrons. The second-order valence-electron chi connectivity index (χ2n) is 8.68. The van der Waals surface area contributed by atoms with E-state index in [0.717, 1.165) is 5.56 Å². The third-order valence-corrected chi connectivity index (χ3v) is 7.53. The van der Waals surface area contributed by atoms with Crippen LogP contribution in [0.25, 0.3) is 0 Å². The maximum absolute atomic E-state index is 12.5. The summed E-state index contributed by atoms with van der Waals surface area (Å²) in [5, 5.41) is 13.4. The molecule has 5 rings (SSSR count). The summed E-state index contributed by atoms with van der Waals surface area (Å²) in [7, 11) is 1.53. The summed E-state index contributed by atoms with van der Waals surface area (Å²) in [4.78, 5) is 41.5. The van der Waals surface area contributed by atoms with Crippen molar-refractivity contribution in [2.75, 3.05) is 13.7 Å². The van der Waals surface area contributed by atoms with Crippen molar-refractivity contribution in [3.63, 3.8) is 0 Å². The largest absolute Gasteiger partial charge is 0.494 e. The first-order valence-electron chi connectivity index (χ1n) is 11.4. The minimum atomic E-state index is -1.63. The predicted molar refractivity (Wildman–Crippen MR) is 140 cm³/mol. The maximum atomic E-state index is 12.5. The zero-order valence-electron chi connectivity index (χ0n) is 19.9. The van der Waals surface area contributed by atoms with Gasteiger partial charge in [-0.25, -0.2) is 9.59 Å². The molecule has 0 aliphatic carbocycles. The molecule has 10 nitrogen and oxygen atoms in total. The summed E-state index contributed by atoms with van der Waals surface area (Å²) in [5.74, 6) is -1.68. The van der Waals surface area contributed by atoms with E-state index < -0.39 is 22.6 Å². The third-order valence-electron chi connectivity index (χ3n) is 6.35. The summed E-state index contributed by atoms with van der Waals surface area (Å²) >= 11 is 6.94. The third kappa shape index (κ3) is 4.74. The summed E-state index contributed by atoms with van der Waals surface area (Å²) < 4.78 is 18.3. The number of nitrogens with zero attached hydrogens (tertiary/aromatic N) is 2. The molecule has 0 aromatic heterocycles. The number of ether oxygens (including phenoxy) is 3. The lowest BCUT2D eigenvalue weighted by Crippen LogP contribution is -2.60. The number of carbonyl (C=O) groups excluding carboxylic acids is 2. The Labute approximate surface area is 233 Å². The number of nitro groups is 1. The molecule has 0 amide bonds. The highest BCUT2D eigenvalue weighted by molar-refractivity contribution is 9.11. The molecule has 0 saturated carbocycles. The van der Waals surface area contributed by atoms with E-state index in [1.54, 1.807) is 18.2 Å². The Morgan fingerprint density at radius 2 is 1.76 bits per heavy atom. The minimum absolute atomic E-state index is 0.0294. The van der Waals surface area contributed by atoms with Crippen molar-refractivity contribution in [3.8, 4) is 11.5 Å². The van der Waals surface area contributed by atoms with Crippen molar-refractivity contribution in [1.82, 2.24) is 5.06 Å². The van der Waals surface area contributed by atoms with Gasteiger partial charge in [0.2, 0.25) is 5.72 Å². The predicted octanol–water partition coefficient (Wildman–Crippen LogP) is 4.98. The van der Waals surface area contributed by atoms with Crippen molar-refractivity contribution >= 4 is 49.5 Å². The van der Waals surface area contributed by atoms with Gasteiger partial charge in [0, 0.05) is 24.6 Å². The number of benzene rings is 3. The van der Waals surface area contributed by atoms with Crippen LogP contribution in [0.15, 0.2) is 63.5 Å². The summed E-state index contributed by atoms with van der Waals surface area (Å²) in [6.45, 7) is 0.332. The molecule has 2 heterocycles. The lowest BCUT2D eigenvalue weighted by molar-refractivity contribution is -0.386. The zero-order valence-corrected chi connectivity index (χ0v) is 23.1. The Balaban J connectivity index is 1.61. The number of hydroxylamine groups is 2. The normalized spacial score (nSPS) is 18.6. The van der Waals surface area contributed by atoms with Gasteiger partial charge < -0.3 is 19.0 Å². The van der Waals surface area contributed by atoms with Crippen LogP contribution in [-0.4, -0.2) is 35.6 Å². The average molecular weight is 648 g/mol. The Kier molecular flexibility index (Phi) is 7.12. The molecule has 3 aromatic carbocycles. The van der Waals surface area contributed by atoms with E-state index in [0.29, 0.717) is 37.8 Å². The van der Waals surface area contributed by atoms with Gasteiger partial charge >= 0.3 is 17.6 Å². The Morgan fingerprint density at radius 1 is 1.05 bits per heavy atom. The van der Waals surface area contributed by atoms with Gasteiger partial charge in [0.15, 0.2) is 5.75 Å². The molecule has 1 atom stereocenters. The van der Waals surface area contributed by atoms with Gasteiger partial charge in [0.1, 0.15) is 12.4 Å². The maximum Gasteiger partial charge on any atom is 0.436 e. The Hall–Kier alpha value is -3.48. The van der Waals surface area contributed by atoms with E-state index in [1.165, 1.54) is 18.2 Å². The van der Waals surface area contributed by atoms with Crippen LogP contribution in [0.2, 0.25) is 0 Å². The number of hydrogen-bond acceptors (Lipinski definition) is 9. The van der Waals surface area contributed by atoms with Crippen LogP contribution < -0.4 is 9.47 Å². The average Bonchev–Trinajstić information content (AvgIpc) is 2.88. The Morgan fingerprint density at radius 3 is 2.42 bits per heavy atom. The van der Waals surface area contributed by atoms with Gasteiger partial charge in [0.25, 0.3) is 0 Å². The van der Waals surface area contributed by atoms with E-state index >= 15 is 0 Å². The highest BCUT2D eigenvalue weighted by atomic mass is 79.9. The van der Waals surface area contributed by atoms with Gasteiger partial charge in [-0.1, -0.05) is 35.4 Å². The molecule has 0 bridgehead atoms. The molecule has 38 heavy (non-hydrogen) atoms. The molecular formula is C26H20Br2N2O8. The molecule has 1 unspecified atom stereocenters. The molecule has 2 aliphatic heterocycles. The van der Waals surface area contributed by atoms with E-state index in [9.17, 15) is 19.7 Å². The van der Waals surface area contributed by atoms with Crippen molar-refractivity contribution in [1.29, 1.82) is 0 Å². The second kappa shape index (κ2) is 10.4. The monoisotopic (exact) mass is 646 g/mol. The van der Waals surface area contributed by atoms with E-state index in [-0.39, 0.29) is 31.0 Å². The number of nitro benzene ring substituents is 1. The van der Waals surface area contributed by atoms with Crippen LogP contribution in [0.3, 0.4) is 0 Å². The summed E-state index contributed by atoms with van der Waals surface area (Å²) in [6, 6.07) is 15.8. The fraction of sp³-hybridized carbons (Fsp3) is 0.231. The number of halogens is 2. The first-order chi connectivity index (χ1) is 18.2. The Bertz CT molecular complexity index is 1430. The molecule has 2 aliphatic rings. The number of fused-ring (bicyclic) bond motifs is 3. The van der Waals surface area contributed by atoms with Crippen molar-refractivity contribution < 1.29 is 33.6 Å². The molecule has 1 fully saturated rings. The van der Waals surface area contributed by atoms with Gasteiger partial charge in [-0.05, 0) is 73.2 Å². The van der Waals surface area contributed by atoms with Crippen LogP contribution in [0.1, 0.15) is 22.3 Å². The van der Waals surface area contributed by atoms with Gasteiger partial charge in [-0.15, -0.1) is 0 Å². The lowest BCUT2D eigenvalue weighted by Gasteiger charge is -2.47. The van der Waals surface area contributed by atoms with Crippen molar-refractivity contribution in [2.24, 2.45) is 0 Å². The summed E-state index contributed by atoms with van der Waals surface area (Å²) in [6.07, 6.45) is 0.402. The summed E-state index contributed by atoms with van der Waals surface area (Å²) in [5.41, 5.74) is 0.616. The highest BCUT2D eigenvalue weighted by Crippen LogP contribution is 2.47. The quantitative estimate of drug-likeness (QED) is 0.152. The van der Waals surface area contributed by atoms with Crippen LogP contribution in [0.5, 0.6) is 11.5 Å². The molecule has 1 saturated heterocycles. The lowest BCUT2D eigenvalue weighted by atomic mass is 9.85. The molecule has 0 spiro atoms. The van der Waals surface area contributed by atoms with Crippen molar-refractivity contribution in [2.45, 2.75) is 25.2 Å². The van der Waals surface area contributed by atoms with Crippen LogP contribution >= 0.6 is 31.9 Å². The minimum Gasteiger partial charge on any atom is -0.494 e. The van der Waals surface area contributed by atoms with Gasteiger partial charge in [-0.2, -0.15) is 0 Å². The number of carbonyl (C=O) groups is 2. The van der Waals surface area contributed by atoms with Gasteiger partial charge in [0.05, 0.1) is 21.0 Å². The first kappa shape index (κ1) is 26.1. The smallest absolute Gasteiger partial charge is 0.436 e. The number of methoxy groups -OCH3 is 1. The number of esters is 1. The molecular weight excluding hydrogens is 628 g/mol. The van der Waals surface area contributed by atoms with Crippen molar-refractivity contribution in [3.05, 3.63) is 95.9 Å². The van der Waals surface area contributed by atoms with Crippen LogP contribution in [0.4, 0.5) is 5.69 Å².